The number of rotatable bonds is 3. The Balaban J connectivity index is 1.48. The fourth-order valence-electron chi connectivity index (χ4n) is 3.95. The summed E-state index contributed by atoms with van der Waals surface area (Å²) in [6.07, 6.45) is 3.87. The van der Waals surface area contributed by atoms with E-state index in [1.54, 1.807) is 6.20 Å². The quantitative estimate of drug-likeness (QED) is 0.835. The molecule has 27 heavy (non-hydrogen) atoms. The third-order valence-electron chi connectivity index (χ3n) is 5.49. The maximum atomic E-state index is 13.1. The molecule has 2 aliphatic heterocycles. The molecule has 0 aliphatic carbocycles. The molecule has 6 nitrogen and oxygen atoms in total. The summed E-state index contributed by atoms with van der Waals surface area (Å²) in [6.45, 7) is 6.97. The number of likely N-dealkylation sites (tertiary alicyclic amines) is 1. The number of aryl methyl sites for hydroxylation is 1. The molecule has 1 unspecified atom stereocenters. The Morgan fingerprint density at radius 3 is 2.67 bits per heavy atom. The molecule has 1 aromatic heterocycles. The molecule has 2 saturated heterocycles. The molecular formula is C21H26N4O2. The van der Waals surface area contributed by atoms with Gasteiger partial charge in [0.05, 0.1) is 24.5 Å². The standard InChI is InChI=1S/C21H26N4O2/c1-16-19(14-22-20(23-16)17-6-3-2-4-7-17)21(26)25-9-5-8-18(15-25)24-10-12-27-13-11-24/h2-4,6-7,14,18H,5,8-13,15H2,1H3. The minimum Gasteiger partial charge on any atom is -0.379 e. The number of hydrogen-bond donors (Lipinski definition) is 0. The van der Waals surface area contributed by atoms with Crippen LogP contribution >= 0.6 is 0 Å². The van der Waals surface area contributed by atoms with Crippen molar-refractivity contribution in [2.75, 3.05) is 39.4 Å². The molecule has 1 aromatic carbocycles. The summed E-state index contributed by atoms with van der Waals surface area (Å²) >= 11 is 0. The molecule has 2 aliphatic rings. The number of carbonyl (C=O) groups is 1. The van der Waals surface area contributed by atoms with Gasteiger partial charge in [-0.25, -0.2) is 9.97 Å². The highest BCUT2D eigenvalue weighted by Crippen LogP contribution is 2.21. The lowest BCUT2D eigenvalue weighted by atomic mass is 10.0. The molecule has 0 saturated carbocycles. The van der Waals surface area contributed by atoms with Gasteiger partial charge in [0, 0.05) is 44.0 Å². The van der Waals surface area contributed by atoms with Gasteiger partial charge in [-0.05, 0) is 19.8 Å². The topological polar surface area (TPSA) is 58.6 Å². The number of carbonyl (C=O) groups excluding carboxylic acids is 1. The van der Waals surface area contributed by atoms with Crippen LogP contribution in [-0.2, 0) is 4.74 Å². The first-order valence-electron chi connectivity index (χ1n) is 9.72. The molecule has 4 rings (SSSR count). The van der Waals surface area contributed by atoms with Crippen LogP contribution in [0.25, 0.3) is 11.4 Å². The fourth-order valence-corrected chi connectivity index (χ4v) is 3.95. The van der Waals surface area contributed by atoms with Gasteiger partial charge in [0.2, 0.25) is 0 Å². The van der Waals surface area contributed by atoms with Crippen molar-refractivity contribution >= 4 is 5.91 Å². The van der Waals surface area contributed by atoms with Crippen LogP contribution < -0.4 is 0 Å². The van der Waals surface area contributed by atoms with Crippen molar-refractivity contribution in [3.05, 3.63) is 47.8 Å². The van der Waals surface area contributed by atoms with Crippen LogP contribution in [0.1, 0.15) is 28.9 Å². The molecule has 2 aromatic rings. The number of piperidine rings is 1. The van der Waals surface area contributed by atoms with E-state index in [1.165, 1.54) is 0 Å². The van der Waals surface area contributed by atoms with Gasteiger partial charge < -0.3 is 9.64 Å². The summed E-state index contributed by atoms with van der Waals surface area (Å²) in [4.78, 5) is 26.6. The number of ether oxygens (including phenoxy) is 1. The first kappa shape index (κ1) is 18.1. The number of benzene rings is 1. The van der Waals surface area contributed by atoms with Crippen LogP contribution in [0.4, 0.5) is 0 Å². The van der Waals surface area contributed by atoms with Crippen LogP contribution in [0.2, 0.25) is 0 Å². The van der Waals surface area contributed by atoms with E-state index in [0.29, 0.717) is 17.4 Å². The minimum atomic E-state index is 0.0464. The van der Waals surface area contributed by atoms with E-state index in [9.17, 15) is 4.79 Å². The Hall–Kier alpha value is -2.31. The van der Waals surface area contributed by atoms with Crippen molar-refractivity contribution in [2.24, 2.45) is 0 Å². The highest BCUT2D eigenvalue weighted by molar-refractivity contribution is 5.95. The first-order chi connectivity index (χ1) is 13.2. The number of amides is 1. The van der Waals surface area contributed by atoms with Gasteiger partial charge in [0.15, 0.2) is 5.82 Å². The molecule has 0 radical (unpaired) electrons. The zero-order valence-corrected chi connectivity index (χ0v) is 15.8. The van der Waals surface area contributed by atoms with Gasteiger partial charge >= 0.3 is 0 Å². The summed E-state index contributed by atoms with van der Waals surface area (Å²) in [5, 5.41) is 0. The van der Waals surface area contributed by atoms with Crippen molar-refractivity contribution < 1.29 is 9.53 Å². The van der Waals surface area contributed by atoms with Gasteiger partial charge in [-0.2, -0.15) is 0 Å². The Morgan fingerprint density at radius 2 is 1.93 bits per heavy atom. The second kappa shape index (κ2) is 8.15. The maximum Gasteiger partial charge on any atom is 0.257 e. The van der Waals surface area contributed by atoms with E-state index in [0.717, 1.165) is 63.5 Å². The van der Waals surface area contributed by atoms with E-state index in [2.05, 4.69) is 14.9 Å². The van der Waals surface area contributed by atoms with Crippen LogP contribution in [-0.4, -0.2) is 71.1 Å². The van der Waals surface area contributed by atoms with Gasteiger partial charge in [-0.1, -0.05) is 30.3 Å². The average molecular weight is 366 g/mol. The monoisotopic (exact) mass is 366 g/mol. The average Bonchev–Trinajstić information content (AvgIpc) is 2.74. The maximum absolute atomic E-state index is 13.1. The first-order valence-corrected chi connectivity index (χ1v) is 9.72. The molecule has 3 heterocycles. The third kappa shape index (κ3) is 4.01. The van der Waals surface area contributed by atoms with Crippen LogP contribution in [0, 0.1) is 6.92 Å². The molecule has 0 N–H and O–H groups in total. The predicted molar refractivity (Wildman–Crippen MR) is 104 cm³/mol. The predicted octanol–water partition coefficient (Wildman–Crippen LogP) is 2.39. The van der Waals surface area contributed by atoms with Gasteiger partial charge in [0.1, 0.15) is 0 Å². The van der Waals surface area contributed by atoms with Crippen molar-refractivity contribution in [3.8, 4) is 11.4 Å². The number of aromatic nitrogens is 2. The molecule has 0 spiro atoms. The fraction of sp³-hybridized carbons (Fsp3) is 0.476. The van der Waals surface area contributed by atoms with Crippen molar-refractivity contribution in [3.63, 3.8) is 0 Å². The molecule has 142 valence electrons. The number of morpholine rings is 1. The normalized spacial score (nSPS) is 21.2. The third-order valence-corrected chi connectivity index (χ3v) is 5.49. The SMILES string of the molecule is Cc1nc(-c2ccccc2)ncc1C(=O)N1CCCC(N2CCOCC2)C1. The molecule has 0 bridgehead atoms. The number of hydrogen-bond acceptors (Lipinski definition) is 5. The lowest BCUT2D eigenvalue weighted by Gasteiger charge is -2.40. The summed E-state index contributed by atoms with van der Waals surface area (Å²) in [7, 11) is 0. The van der Waals surface area contributed by atoms with Gasteiger partial charge in [-0.3, -0.25) is 9.69 Å². The summed E-state index contributed by atoms with van der Waals surface area (Å²) in [5.41, 5.74) is 2.31. The second-order valence-electron chi connectivity index (χ2n) is 7.25. The van der Waals surface area contributed by atoms with Crippen molar-refractivity contribution in [1.82, 2.24) is 19.8 Å². The van der Waals surface area contributed by atoms with Crippen LogP contribution in [0.3, 0.4) is 0 Å². The van der Waals surface area contributed by atoms with Crippen LogP contribution in [0.5, 0.6) is 0 Å². The van der Waals surface area contributed by atoms with Gasteiger partial charge in [0.25, 0.3) is 5.91 Å². The molecule has 6 heteroatoms. The largest absolute Gasteiger partial charge is 0.379 e. The summed E-state index contributed by atoms with van der Waals surface area (Å²) in [5.74, 6) is 0.708. The molecular weight excluding hydrogens is 340 g/mol. The summed E-state index contributed by atoms with van der Waals surface area (Å²) in [6, 6.07) is 10.3. The minimum absolute atomic E-state index is 0.0464. The Kier molecular flexibility index (Phi) is 5.45. The van der Waals surface area contributed by atoms with Gasteiger partial charge in [-0.15, -0.1) is 0 Å². The lowest BCUT2D eigenvalue weighted by molar-refractivity contribution is -0.00123. The Bertz CT molecular complexity index is 790. The smallest absolute Gasteiger partial charge is 0.257 e. The molecule has 1 atom stereocenters. The van der Waals surface area contributed by atoms with E-state index in [4.69, 9.17) is 4.74 Å². The highest BCUT2D eigenvalue weighted by Gasteiger charge is 2.30. The second-order valence-corrected chi connectivity index (χ2v) is 7.25. The molecule has 1 amide bonds. The number of nitrogens with zero attached hydrogens (tertiary/aromatic N) is 4. The zero-order chi connectivity index (χ0) is 18.6. The van der Waals surface area contributed by atoms with Crippen molar-refractivity contribution in [2.45, 2.75) is 25.8 Å². The summed E-state index contributed by atoms with van der Waals surface area (Å²) < 4.78 is 5.46. The Morgan fingerprint density at radius 1 is 1.15 bits per heavy atom. The Labute approximate surface area is 160 Å². The van der Waals surface area contributed by atoms with Crippen molar-refractivity contribution in [1.29, 1.82) is 0 Å². The highest BCUT2D eigenvalue weighted by atomic mass is 16.5. The van der Waals surface area contributed by atoms with E-state index < -0.39 is 0 Å². The van der Waals surface area contributed by atoms with E-state index in [1.807, 2.05) is 42.2 Å². The van der Waals surface area contributed by atoms with Crippen LogP contribution in [0.15, 0.2) is 36.5 Å². The zero-order valence-electron chi connectivity index (χ0n) is 15.8. The van der Waals surface area contributed by atoms with E-state index >= 15 is 0 Å². The molecule has 2 fully saturated rings. The van der Waals surface area contributed by atoms with E-state index in [-0.39, 0.29) is 5.91 Å². The lowest BCUT2D eigenvalue weighted by Crippen LogP contribution is -2.52.